The minimum atomic E-state index is -0.325. The first-order chi connectivity index (χ1) is 14.1. The van der Waals surface area contributed by atoms with Crippen molar-refractivity contribution in [1.29, 1.82) is 0 Å². The third-order valence-corrected chi connectivity index (χ3v) is 6.13. The molecule has 0 bridgehead atoms. The Morgan fingerprint density at radius 1 is 1.21 bits per heavy atom. The van der Waals surface area contributed by atoms with Gasteiger partial charge in [-0.25, -0.2) is 4.79 Å². The Bertz CT molecular complexity index is 1130. The zero-order valence-corrected chi connectivity index (χ0v) is 16.7. The first-order valence-electron chi connectivity index (χ1n) is 9.98. The molecule has 2 aliphatic rings. The van der Waals surface area contributed by atoms with Crippen LogP contribution in [-0.2, 0) is 6.54 Å². The number of fused-ring (bicyclic) bond motifs is 3. The topological polar surface area (TPSA) is 71.4 Å². The van der Waals surface area contributed by atoms with Gasteiger partial charge in [0.25, 0.3) is 0 Å². The van der Waals surface area contributed by atoms with Crippen LogP contribution in [0.1, 0.15) is 6.92 Å². The fraction of sp³-hybridized carbons (Fsp3) is 0.364. The molecule has 29 heavy (non-hydrogen) atoms. The smallest absolute Gasteiger partial charge is 0.349 e. The highest BCUT2D eigenvalue weighted by atomic mass is 16.5. The minimum Gasteiger partial charge on any atom is -0.497 e. The third kappa shape index (κ3) is 2.93. The summed E-state index contributed by atoms with van der Waals surface area (Å²) in [7, 11) is 1.69. The van der Waals surface area contributed by atoms with Gasteiger partial charge in [-0.1, -0.05) is 18.2 Å². The zero-order valence-electron chi connectivity index (χ0n) is 16.7. The van der Waals surface area contributed by atoms with E-state index in [1.54, 1.807) is 11.7 Å². The molecule has 0 aliphatic carbocycles. The number of rotatable bonds is 3. The quantitative estimate of drug-likeness (QED) is 0.712. The molecule has 3 aromatic rings. The van der Waals surface area contributed by atoms with Crippen molar-refractivity contribution >= 4 is 22.4 Å². The highest BCUT2D eigenvalue weighted by Crippen LogP contribution is 2.36. The molecule has 2 N–H and O–H groups in total. The maximum absolute atomic E-state index is 12.7. The van der Waals surface area contributed by atoms with Crippen molar-refractivity contribution in [3.8, 4) is 5.75 Å². The van der Waals surface area contributed by atoms with Crippen molar-refractivity contribution in [2.24, 2.45) is 0 Å². The van der Waals surface area contributed by atoms with Crippen LogP contribution < -0.4 is 26.0 Å². The highest BCUT2D eigenvalue weighted by Gasteiger charge is 2.45. The second-order valence-electron chi connectivity index (χ2n) is 8.00. The lowest BCUT2D eigenvalue weighted by atomic mass is 9.89. The fourth-order valence-corrected chi connectivity index (χ4v) is 4.66. The van der Waals surface area contributed by atoms with E-state index in [9.17, 15) is 4.79 Å². The van der Waals surface area contributed by atoms with E-state index in [4.69, 9.17) is 4.74 Å². The highest BCUT2D eigenvalue weighted by molar-refractivity contribution is 5.90. The predicted molar refractivity (Wildman–Crippen MR) is 115 cm³/mol. The largest absolute Gasteiger partial charge is 0.497 e. The van der Waals surface area contributed by atoms with Crippen molar-refractivity contribution in [3.05, 3.63) is 59.0 Å². The molecule has 5 rings (SSSR count). The Morgan fingerprint density at radius 3 is 2.93 bits per heavy atom. The average molecular weight is 391 g/mol. The van der Waals surface area contributed by atoms with Crippen molar-refractivity contribution < 1.29 is 4.74 Å². The predicted octanol–water partition coefficient (Wildman–Crippen LogP) is 2.07. The summed E-state index contributed by atoms with van der Waals surface area (Å²) in [6, 6.07) is 16.1. The fourth-order valence-electron chi connectivity index (χ4n) is 4.66. The lowest BCUT2D eigenvalue weighted by Crippen LogP contribution is -2.64. The van der Waals surface area contributed by atoms with Crippen molar-refractivity contribution in [2.75, 3.05) is 37.0 Å². The number of nitrogens with zero attached hydrogens (tertiary/aromatic N) is 3. The molecular formula is C22H25N5O2. The van der Waals surface area contributed by atoms with Crippen molar-refractivity contribution in [1.82, 2.24) is 14.9 Å². The molecule has 0 saturated carbocycles. The van der Waals surface area contributed by atoms with Crippen LogP contribution in [0.5, 0.6) is 5.75 Å². The van der Waals surface area contributed by atoms with E-state index >= 15 is 0 Å². The third-order valence-electron chi connectivity index (χ3n) is 6.13. The number of hydrogen-bond acceptors (Lipinski definition) is 6. The summed E-state index contributed by atoms with van der Waals surface area (Å²) in [6.07, 6.45) is 0. The normalized spacial score (nSPS) is 23.7. The van der Waals surface area contributed by atoms with Gasteiger partial charge in [-0.15, -0.1) is 0 Å². The molecule has 7 heteroatoms. The summed E-state index contributed by atoms with van der Waals surface area (Å²) in [5, 5.41) is 8.21. The summed E-state index contributed by atoms with van der Waals surface area (Å²) in [6.45, 7) is 5.40. The lowest BCUT2D eigenvalue weighted by Gasteiger charge is -2.46. The van der Waals surface area contributed by atoms with Crippen LogP contribution in [0.3, 0.4) is 0 Å². The molecule has 2 unspecified atom stereocenters. The SMILES string of the molecule is COc1cccc(N2CCNCC2C2(C)Cn3c(c4ccccc4nc3=O)N2)c1. The Morgan fingerprint density at radius 2 is 2.07 bits per heavy atom. The van der Waals surface area contributed by atoms with Crippen LogP contribution in [-0.4, -0.2) is 47.9 Å². The molecule has 0 spiro atoms. The number of para-hydroxylation sites is 1. The number of hydrogen-bond donors (Lipinski definition) is 2. The first-order valence-corrected chi connectivity index (χ1v) is 9.98. The van der Waals surface area contributed by atoms with Gasteiger partial charge in [0, 0.05) is 36.8 Å². The maximum atomic E-state index is 12.7. The van der Waals surface area contributed by atoms with Crippen LogP contribution in [0.25, 0.3) is 10.9 Å². The zero-order chi connectivity index (χ0) is 20.0. The van der Waals surface area contributed by atoms with Gasteiger partial charge in [0.1, 0.15) is 11.6 Å². The van der Waals surface area contributed by atoms with E-state index in [0.29, 0.717) is 6.54 Å². The van der Waals surface area contributed by atoms with Gasteiger partial charge >= 0.3 is 5.69 Å². The molecular weight excluding hydrogens is 366 g/mol. The second-order valence-corrected chi connectivity index (χ2v) is 8.00. The van der Waals surface area contributed by atoms with E-state index in [-0.39, 0.29) is 17.3 Å². The molecule has 3 heterocycles. The molecule has 7 nitrogen and oxygen atoms in total. The minimum absolute atomic E-state index is 0.154. The van der Waals surface area contributed by atoms with Gasteiger partial charge in [-0.2, -0.15) is 4.98 Å². The van der Waals surface area contributed by atoms with Crippen molar-refractivity contribution in [3.63, 3.8) is 0 Å². The molecule has 2 aliphatic heterocycles. The Labute approximate surface area is 169 Å². The number of anilines is 2. The van der Waals surface area contributed by atoms with Crippen LogP contribution in [0.2, 0.25) is 0 Å². The Balaban J connectivity index is 1.55. The Hall–Kier alpha value is -3.06. The van der Waals surface area contributed by atoms with Gasteiger partial charge < -0.3 is 20.3 Å². The first kappa shape index (κ1) is 18.0. The maximum Gasteiger partial charge on any atom is 0.349 e. The van der Waals surface area contributed by atoms with Crippen LogP contribution >= 0.6 is 0 Å². The summed E-state index contributed by atoms with van der Waals surface area (Å²) < 4.78 is 7.21. The molecule has 1 aromatic heterocycles. The summed E-state index contributed by atoms with van der Waals surface area (Å²) in [4.78, 5) is 19.4. The number of methoxy groups -OCH3 is 1. The van der Waals surface area contributed by atoms with Gasteiger partial charge in [0.15, 0.2) is 0 Å². The number of ether oxygens (including phenoxy) is 1. The van der Waals surface area contributed by atoms with Crippen molar-refractivity contribution in [2.45, 2.75) is 25.0 Å². The molecule has 2 aromatic carbocycles. The van der Waals surface area contributed by atoms with E-state index in [0.717, 1.165) is 47.8 Å². The van der Waals surface area contributed by atoms with E-state index in [2.05, 4.69) is 39.6 Å². The monoisotopic (exact) mass is 391 g/mol. The standard InChI is InChI=1S/C22H25N5O2/c1-22(14-27-20(25-22)17-8-3-4-9-18(17)24-21(27)28)19-13-23-10-11-26(19)15-6-5-7-16(12-15)29-2/h3-9,12,19,23,25H,10-11,13-14H2,1-2H3. The number of aromatic nitrogens is 2. The van der Waals surface area contributed by atoms with Gasteiger partial charge in [0.2, 0.25) is 0 Å². The van der Waals surface area contributed by atoms with Gasteiger partial charge in [-0.05, 0) is 31.2 Å². The number of piperazine rings is 1. The number of nitrogens with one attached hydrogen (secondary N) is 2. The van der Waals surface area contributed by atoms with Crippen LogP contribution in [0.15, 0.2) is 53.3 Å². The summed E-state index contributed by atoms with van der Waals surface area (Å²) in [5.41, 5.74) is 1.33. The second kappa shape index (κ2) is 6.77. The summed E-state index contributed by atoms with van der Waals surface area (Å²) in [5.74, 6) is 1.71. The molecule has 1 fully saturated rings. The lowest BCUT2D eigenvalue weighted by molar-refractivity contribution is 0.327. The molecule has 2 atom stereocenters. The van der Waals surface area contributed by atoms with E-state index < -0.39 is 0 Å². The molecule has 150 valence electrons. The summed E-state index contributed by atoms with van der Waals surface area (Å²) >= 11 is 0. The molecule has 1 saturated heterocycles. The van der Waals surface area contributed by atoms with Crippen LogP contribution in [0, 0.1) is 0 Å². The molecule has 0 amide bonds. The van der Waals surface area contributed by atoms with Gasteiger partial charge in [0.05, 0.1) is 30.8 Å². The van der Waals surface area contributed by atoms with Gasteiger partial charge in [-0.3, -0.25) is 4.57 Å². The van der Waals surface area contributed by atoms with Crippen LogP contribution in [0.4, 0.5) is 11.5 Å². The Kier molecular flexibility index (Phi) is 4.20. The number of benzene rings is 2. The van der Waals surface area contributed by atoms with E-state index in [1.165, 1.54) is 0 Å². The average Bonchev–Trinajstić information content (AvgIpc) is 3.13. The van der Waals surface area contributed by atoms with E-state index in [1.807, 2.05) is 36.4 Å². The molecule has 0 radical (unpaired) electrons.